The standard InChI is InChI=1S/C24H18N2O6/c1-14-20(22(27)26(25-14)18-8-4-6-16(12-18)23(28)29)13-19-9-10-21(32-19)15-5-3-7-17(11-15)24(30)31-2/h3-13H,1-2H3,(H,28,29)/b20-13+. The molecule has 3 aromatic rings. The van der Waals surface area contributed by atoms with E-state index < -0.39 is 17.8 Å². The van der Waals surface area contributed by atoms with E-state index in [-0.39, 0.29) is 5.56 Å². The molecule has 1 aliphatic heterocycles. The lowest BCUT2D eigenvalue weighted by molar-refractivity contribution is -0.114. The maximum atomic E-state index is 12.9. The summed E-state index contributed by atoms with van der Waals surface area (Å²) in [6.07, 6.45) is 1.58. The van der Waals surface area contributed by atoms with Crippen LogP contribution in [0.2, 0.25) is 0 Å². The number of hydrazone groups is 1. The summed E-state index contributed by atoms with van der Waals surface area (Å²) in [5, 5.41) is 14.6. The molecule has 1 aromatic heterocycles. The summed E-state index contributed by atoms with van der Waals surface area (Å²) in [5.41, 5.74) is 2.31. The van der Waals surface area contributed by atoms with Gasteiger partial charge in [-0.05, 0) is 55.5 Å². The van der Waals surface area contributed by atoms with E-state index in [0.717, 1.165) is 5.01 Å². The highest BCUT2D eigenvalue weighted by Gasteiger charge is 2.29. The minimum atomic E-state index is -1.09. The third kappa shape index (κ3) is 3.93. The number of amides is 1. The number of rotatable bonds is 5. The van der Waals surface area contributed by atoms with Gasteiger partial charge in [0.1, 0.15) is 11.5 Å². The van der Waals surface area contributed by atoms with Crippen LogP contribution in [0.3, 0.4) is 0 Å². The first-order valence-electron chi connectivity index (χ1n) is 9.61. The molecule has 0 bridgehead atoms. The van der Waals surface area contributed by atoms with Crippen LogP contribution in [0, 0.1) is 0 Å². The largest absolute Gasteiger partial charge is 0.478 e. The van der Waals surface area contributed by atoms with Crippen LogP contribution >= 0.6 is 0 Å². The second-order valence-electron chi connectivity index (χ2n) is 6.99. The van der Waals surface area contributed by atoms with Crippen LogP contribution in [-0.2, 0) is 9.53 Å². The first-order chi connectivity index (χ1) is 15.4. The Hall–Kier alpha value is -4.46. The van der Waals surface area contributed by atoms with Gasteiger partial charge in [-0.3, -0.25) is 4.79 Å². The van der Waals surface area contributed by atoms with E-state index in [9.17, 15) is 19.5 Å². The Labute approximate surface area is 183 Å². The van der Waals surface area contributed by atoms with E-state index >= 15 is 0 Å². The van der Waals surface area contributed by atoms with Crippen molar-refractivity contribution in [2.45, 2.75) is 6.92 Å². The van der Waals surface area contributed by atoms with E-state index in [1.54, 1.807) is 61.5 Å². The SMILES string of the molecule is COC(=O)c1cccc(-c2ccc(/C=C3/C(=O)N(c4cccc(C(=O)O)c4)N=C3C)o2)c1. The van der Waals surface area contributed by atoms with Gasteiger partial charge < -0.3 is 14.3 Å². The molecule has 0 fully saturated rings. The van der Waals surface area contributed by atoms with E-state index in [4.69, 9.17) is 9.15 Å². The lowest BCUT2D eigenvalue weighted by Crippen LogP contribution is -2.21. The molecule has 2 heterocycles. The number of benzene rings is 2. The van der Waals surface area contributed by atoms with Crippen molar-refractivity contribution in [3.8, 4) is 11.3 Å². The summed E-state index contributed by atoms with van der Waals surface area (Å²) < 4.78 is 10.6. The smallest absolute Gasteiger partial charge is 0.337 e. The number of ether oxygens (including phenoxy) is 1. The van der Waals surface area contributed by atoms with Gasteiger partial charge in [-0.25, -0.2) is 9.59 Å². The lowest BCUT2D eigenvalue weighted by atomic mass is 10.1. The van der Waals surface area contributed by atoms with Gasteiger partial charge in [0.25, 0.3) is 5.91 Å². The molecule has 8 heteroatoms. The van der Waals surface area contributed by atoms with Crippen molar-refractivity contribution < 1.29 is 28.6 Å². The molecule has 2 aromatic carbocycles. The number of anilines is 1. The topological polar surface area (TPSA) is 109 Å². The van der Waals surface area contributed by atoms with Gasteiger partial charge in [0.05, 0.1) is 35.2 Å². The average molecular weight is 430 g/mol. The number of aromatic carboxylic acids is 1. The summed E-state index contributed by atoms with van der Waals surface area (Å²) in [5.74, 6) is -0.975. The van der Waals surface area contributed by atoms with E-state index in [1.165, 1.54) is 19.2 Å². The Morgan fingerprint density at radius 3 is 2.56 bits per heavy atom. The zero-order valence-electron chi connectivity index (χ0n) is 17.2. The van der Waals surface area contributed by atoms with Crippen LogP contribution in [0.25, 0.3) is 17.4 Å². The number of nitrogens with zero attached hydrogens (tertiary/aromatic N) is 2. The molecule has 32 heavy (non-hydrogen) atoms. The van der Waals surface area contributed by atoms with Crippen molar-refractivity contribution in [2.75, 3.05) is 12.1 Å². The Morgan fingerprint density at radius 2 is 1.81 bits per heavy atom. The Kier molecular flexibility index (Phi) is 5.43. The number of hydrogen-bond donors (Lipinski definition) is 1. The zero-order chi connectivity index (χ0) is 22.8. The summed E-state index contributed by atoms with van der Waals surface area (Å²) in [4.78, 5) is 35.9. The second-order valence-corrected chi connectivity index (χ2v) is 6.99. The van der Waals surface area contributed by atoms with Crippen molar-refractivity contribution in [3.05, 3.63) is 83.1 Å². The molecule has 0 radical (unpaired) electrons. The first-order valence-corrected chi connectivity index (χ1v) is 9.61. The minimum Gasteiger partial charge on any atom is -0.478 e. The van der Waals surface area contributed by atoms with Gasteiger partial charge in [-0.2, -0.15) is 10.1 Å². The third-order valence-electron chi connectivity index (χ3n) is 4.88. The van der Waals surface area contributed by atoms with E-state index in [0.29, 0.717) is 39.6 Å². The summed E-state index contributed by atoms with van der Waals surface area (Å²) >= 11 is 0. The van der Waals surface area contributed by atoms with Crippen LogP contribution in [0.4, 0.5) is 5.69 Å². The second kappa shape index (κ2) is 8.35. The quantitative estimate of drug-likeness (QED) is 0.479. The summed E-state index contributed by atoms with van der Waals surface area (Å²) in [6, 6.07) is 16.3. The van der Waals surface area contributed by atoms with Crippen LogP contribution in [0.5, 0.6) is 0 Å². The molecule has 0 spiro atoms. The predicted molar refractivity (Wildman–Crippen MR) is 117 cm³/mol. The molecule has 4 rings (SSSR count). The van der Waals surface area contributed by atoms with Gasteiger partial charge >= 0.3 is 11.9 Å². The lowest BCUT2D eigenvalue weighted by Gasteiger charge is -2.12. The number of carbonyl (C=O) groups is 3. The normalized spacial score (nSPS) is 14.6. The molecule has 8 nitrogen and oxygen atoms in total. The molecular formula is C24H18N2O6. The van der Waals surface area contributed by atoms with Gasteiger partial charge in [-0.15, -0.1) is 0 Å². The fourth-order valence-electron chi connectivity index (χ4n) is 3.28. The Balaban J connectivity index is 1.61. The van der Waals surface area contributed by atoms with Crippen LogP contribution in [0.1, 0.15) is 33.4 Å². The number of esters is 1. The molecule has 1 amide bonds. The maximum Gasteiger partial charge on any atom is 0.337 e. The van der Waals surface area contributed by atoms with Crippen molar-refractivity contribution in [2.24, 2.45) is 5.10 Å². The highest BCUT2D eigenvalue weighted by atomic mass is 16.5. The summed E-state index contributed by atoms with van der Waals surface area (Å²) in [6.45, 7) is 1.69. The molecule has 0 aliphatic carbocycles. The highest BCUT2D eigenvalue weighted by molar-refractivity contribution is 6.32. The van der Waals surface area contributed by atoms with Gasteiger partial charge in [0, 0.05) is 5.56 Å². The fraction of sp³-hybridized carbons (Fsp3) is 0.0833. The number of carbonyl (C=O) groups excluding carboxylic acids is 2. The molecule has 1 aliphatic rings. The van der Waals surface area contributed by atoms with Gasteiger partial charge in [0.15, 0.2) is 0 Å². The van der Waals surface area contributed by atoms with Crippen LogP contribution in [-0.4, -0.2) is 35.8 Å². The first kappa shape index (κ1) is 20.8. The van der Waals surface area contributed by atoms with E-state index in [2.05, 4.69) is 5.10 Å². The molecule has 0 unspecified atom stereocenters. The molecule has 0 atom stereocenters. The van der Waals surface area contributed by atoms with Crippen LogP contribution < -0.4 is 5.01 Å². The fourth-order valence-corrected chi connectivity index (χ4v) is 3.28. The van der Waals surface area contributed by atoms with Crippen molar-refractivity contribution in [1.29, 1.82) is 0 Å². The monoisotopic (exact) mass is 430 g/mol. The summed E-state index contributed by atoms with van der Waals surface area (Å²) in [7, 11) is 1.32. The average Bonchev–Trinajstić information content (AvgIpc) is 3.39. The zero-order valence-corrected chi connectivity index (χ0v) is 17.2. The Morgan fingerprint density at radius 1 is 1.06 bits per heavy atom. The molecule has 0 saturated carbocycles. The molecule has 160 valence electrons. The number of furan rings is 1. The number of methoxy groups -OCH3 is 1. The van der Waals surface area contributed by atoms with Gasteiger partial charge in [-0.1, -0.05) is 18.2 Å². The van der Waals surface area contributed by atoms with Crippen LogP contribution in [0.15, 0.2) is 75.8 Å². The molecule has 0 saturated heterocycles. The van der Waals surface area contributed by atoms with Gasteiger partial charge in [0.2, 0.25) is 0 Å². The third-order valence-corrected chi connectivity index (χ3v) is 4.88. The molecule has 1 N–H and O–H groups in total. The van der Waals surface area contributed by atoms with Crippen molar-refractivity contribution in [1.82, 2.24) is 0 Å². The maximum absolute atomic E-state index is 12.9. The molecular weight excluding hydrogens is 412 g/mol. The van der Waals surface area contributed by atoms with Crippen molar-refractivity contribution >= 4 is 35.3 Å². The Bertz CT molecular complexity index is 1300. The highest BCUT2D eigenvalue weighted by Crippen LogP contribution is 2.28. The predicted octanol–water partition coefficient (Wildman–Crippen LogP) is 4.24. The van der Waals surface area contributed by atoms with Crippen molar-refractivity contribution in [3.63, 3.8) is 0 Å². The minimum absolute atomic E-state index is 0.0606. The number of hydrogen-bond acceptors (Lipinski definition) is 6. The van der Waals surface area contributed by atoms with E-state index in [1.807, 2.05) is 0 Å². The number of carboxylic acid groups (broad SMARTS) is 1. The number of carboxylic acids is 1.